The quantitative estimate of drug-likeness (QED) is 0.199. The van der Waals surface area contributed by atoms with E-state index in [0.717, 1.165) is 57.7 Å². The van der Waals surface area contributed by atoms with Crippen molar-refractivity contribution in [2.24, 2.45) is 0 Å². The first-order chi connectivity index (χ1) is 21.9. The normalized spacial score (nSPS) is 15.5. The molecular formula is C31H34Cl2N10O2. The second-order valence-electron chi connectivity index (χ2n) is 11.0. The van der Waals surface area contributed by atoms with Crippen LogP contribution in [-0.2, 0) is 6.54 Å². The van der Waals surface area contributed by atoms with Crippen LogP contribution in [0.5, 0.6) is 5.75 Å². The van der Waals surface area contributed by atoms with Gasteiger partial charge in [0.2, 0.25) is 0 Å². The smallest absolute Gasteiger partial charge is 0.253 e. The topological polar surface area (TPSA) is 133 Å². The van der Waals surface area contributed by atoms with Gasteiger partial charge in [-0.1, -0.05) is 36.2 Å². The Morgan fingerprint density at radius 2 is 1.73 bits per heavy atom. The molecule has 3 aromatic heterocycles. The number of methoxy groups -OCH3 is 1. The molecule has 1 amide bonds. The number of nitrogens with zero attached hydrogens (tertiary/aromatic N) is 7. The first-order valence-corrected chi connectivity index (χ1v) is 15.6. The molecule has 14 heteroatoms. The summed E-state index contributed by atoms with van der Waals surface area (Å²) in [5.74, 6) is 1.58. The number of likely N-dealkylation sites (N-methyl/N-ethyl adjacent to an activating group) is 1. The van der Waals surface area contributed by atoms with Gasteiger partial charge in [-0.2, -0.15) is 0 Å². The number of halogens is 2. The monoisotopic (exact) mass is 648 g/mol. The van der Waals surface area contributed by atoms with Crippen LogP contribution in [0, 0.1) is 0 Å². The molecule has 3 N–H and O–H groups in total. The van der Waals surface area contributed by atoms with Crippen molar-refractivity contribution in [2.75, 3.05) is 50.5 Å². The van der Waals surface area contributed by atoms with Gasteiger partial charge in [0.15, 0.2) is 0 Å². The average molecular weight is 650 g/mol. The summed E-state index contributed by atoms with van der Waals surface area (Å²) in [6.45, 7) is 8.50. The van der Waals surface area contributed by atoms with Crippen LogP contribution in [0.15, 0.2) is 49.3 Å². The van der Waals surface area contributed by atoms with E-state index in [4.69, 9.17) is 27.9 Å². The third-order valence-electron chi connectivity index (χ3n) is 7.84. The number of rotatable bonds is 11. The van der Waals surface area contributed by atoms with Gasteiger partial charge >= 0.3 is 0 Å². The van der Waals surface area contributed by atoms with Crippen molar-refractivity contribution in [1.82, 2.24) is 40.0 Å². The van der Waals surface area contributed by atoms with Crippen LogP contribution < -0.4 is 20.7 Å². The van der Waals surface area contributed by atoms with Crippen LogP contribution in [0.25, 0.3) is 11.3 Å². The SMILES string of the molecule is CCN1CCN(Cc2ccc(Nc3cc(-c4cncnc4Nc4c(Cl)c(OC)cc(C(=O)NC5CC5)c4Cl)ncn3)nc2)CC1. The molecule has 2 aliphatic rings. The Balaban J connectivity index is 1.19. The zero-order chi connectivity index (χ0) is 31.3. The second kappa shape index (κ2) is 13.9. The predicted molar refractivity (Wildman–Crippen MR) is 175 cm³/mol. The van der Waals surface area contributed by atoms with E-state index in [0.29, 0.717) is 34.5 Å². The molecule has 45 heavy (non-hydrogen) atoms. The maximum atomic E-state index is 12.9. The largest absolute Gasteiger partial charge is 0.495 e. The summed E-state index contributed by atoms with van der Waals surface area (Å²) in [5, 5.41) is 9.74. The third kappa shape index (κ3) is 7.42. The van der Waals surface area contributed by atoms with E-state index in [9.17, 15) is 4.79 Å². The molecule has 2 fully saturated rings. The minimum atomic E-state index is -0.300. The molecule has 1 aliphatic carbocycles. The van der Waals surface area contributed by atoms with Crippen molar-refractivity contribution in [2.45, 2.75) is 32.4 Å². The predicted octanol–water partition coefficient (Wildman–Crippen LogP) is 5.16. The van der Waals surface area contributed by atoms with Gasteiger partial charge < -0.3 is 25.6 Å². The summed E-state index contributed by atoms with van der Waals surface area (Å²) in [4.78, 5) is 39.9. The molecule has 6 rings (SSSR count). The Morgan fingerprint density at radius 3 is 2.44 bits per heavy atom. The fourth-order valence-electron chi connectivity index (χ4n) is 5.08. The Morgan fingerprint density at radius 1 is 0.933 bits per heavy atom. The molecule has 12 nitrogen and oxygen atoms in total. The molecular weight excluding hydrogens is 615 g/mol. The summed E-state index contributed by atoms with van der Waals surface area (Å²) in [5.41, 5.74) is 2.79. The average Bonchev–Trinajstić information content (AvgIpc) is 3.89. The van der Waals surface area contributed by atoms with Crippen molar-refractivity contribution in [1.29, 1.82) is 0 Å². The number of anilines is 4. The highest BCUT2D eigenvalue weighted by molar-refractivity contribution is 6.42. The number of piperazine rings is 1. The van der Waals surface area contributed by atoms with Crippen LogP contribution in [0.4, 0.5) is 23.1 Å². The highest BCUT2D eigenvalue weighted by Gasteiger charge is 2.27. The molecule has 234 valence electrons. The number of hydrogen-bond acceptors (Lipinski definition) is 11. The minimum absolute atomic E-state index is 0.145. The molecule has 4 heterocycles. The lowest BCUT2D eigenvalue weighted by Crippen LogP contribution is -2.45. The van der Waals surface area contributed by atoms with Crippen molar-refractivity contribution >= 4 is 52.3 Å². The summed E-state index contributed by atoms with van der Waals surface area (Å²) >= 11 is 13.4. The fraction of sp³-hybridized carbons (Fsp3) is 0.355. The van der Waals surface area contributed by atoms with Crippen LogP contribution in [0.1, 0.15) is 35.7 Å². The molecule has 0 atom stereocenters. The number of aromatic nitrogens is 5. The summed E-state index contributed by atoms with van der Waals surface area (Å²) < 4.78 is 5.45. The van der Waals surface area contributed by atoms with Crippen LogP contribution in [-0.4, -0.2) is 86.5 Å². The zero-order valence-electron chi connectivity index (χ0n) is 25.1. The van der Waals surface area contributed by atoms with Gasteiger partial charge in [-0.15, -0.1) is 0 Å². The first-order valence-electron chi connectivity index (χ1n) is 14.8. The summed E-state index contributed by atoms with van der Waals surface area (Å²) in [6, 6.07) is 7.49. The van der Waals surface area contributed by atoms with Crippen LogP contribution in [0.2, 0.25) is 10.0 Å². The minimum Gasteiger partial charge on any atom is -0.495 e. The van der Waals surface area contributed by atoms with Gasteiger partial charge in [-0.25, -0.2) is 24.9 Å². The van der Waals surface area contributed by atoms with Gasteiger partial charge in [0, 0.05) is 57.2 Å². The van der Waals surface area contributed by atoms with E-state index in [-0.39, 0.29) is 33.2 Å². The van der Waals surface area contributed by atoms with Gasteiger partial charge in [0.1, 0.15) is 40.9 Å². The number of ether oxygens (including phenoxy) is 1. The molecule has 0 unspecified atom stereocenters. The maximum Gasteiger partial charge on any atom is 0.253 e. The lowest BCUT2D eigenvalue weighted by molar-refractivity contribution is 0.0951. The van der Waals surface area contributed by atoms with E-state index in [1.54, 1.807) is 12.3 Å². The first kappa shape index (κ1) is 30.9. The van der Waals surface area contributed by atoms with E-state index in [2.05, 4.69) is 63.7 Å². The van der Waals surface area contributed by atoms with Crippen molar-refractivity contribution in [3.8, 4) is 17.0 Å². The molecule has 1 aromatic carbocycles. The number of nitrogens with one attached hydrogen (secondary N) is 3. The van der Waals surface area contributed by atoms with Crippen LogP contribution in [0.3, 0.4) is 0 Å². The fourth-order valence-corrected chi connectivity index (χ4v) is 5.68. The number of pyridine rings is 1. The molecule has 1 aliphatic heterocycles. The second-order valence-corrected chi connectivity index (χ2v) is 11.7. The van der Waals surface area contributed by atoms with Crippen molar-refractivity contribution < 1.29 is 9.53 Å². The van der Waals surface area contributed by atoms with E-state index in [1.807, 2.05) is 12.3 Å². The number of hydrogen-bond donors (Lipinski definition) is 3. The Bertz CT molecular complexity index is 1660. The standard InChI is InChI=1S/C31H34Cl2N10O2/c1-3-42-8-10-43(11-9-42)16-19-4-7-25(35-14-19)40-26-13-23(36-18-37-26)22-15-34-17-38-30(22)41-29-27(32)21(12-24(45-2)28(29)33)31(44)39-20-5-6-20/h4,7,12-15,17-18,20H,3,5-6,8-11,16H2,1-2H3,(H,39,44)(H,34,38,41)(H,35,36,37,40). The van der Waals surface area contributed by atoms with E-state index >= 15 is 0 Å². The molecule has 0 spiro atoms. The molecule has 1 saturated heterocycles. The van der Waals surface area contributed by atoms with Crippen molar-refractivity contribution in [3.05, 3.63) is 70.5 Å². The maximum absolute atomic E-state index is 12.9. The van der Waals surface area contributed by atoms with Gasteiger partial charge in [0.05, 0.1) is 34.6 Å². The third-order valence-corrected chi connectivity index (χ3v) is 8.61. The molecule has 1 saturated carbocycles. The summed E-state index contributed by atoms with van der Waals surface area (Å²) in [7, 11) is 1.48. The van der Waals surface area contributed by atoms with E-state index < -0.39 is 0 Å². The molecule has 0 radical (unpaired) electrons. The van der Waals surface area contributed by atoms with Gasteiger partial charge in [-0.05, 0) is 37.1 Å². The zero-order valence-corrected chi connectivity index (χ0v) is 26.6. The van der Waals surface area contributed by atoms with Gasteiger partial charge in [0.25, 0.3) is 5.91 Å². The lowest BCUT2D eigenvalue weighted by Gasteiger charge is -2.33. The Labute approximate surface area is 271 Å². The number of benzene rings is 1. The number of carbonyl (C=O) groups excluding carboxylic acids is 1. The van der Waals surface area contributed by atoms with Gasteiger partial charge in [-0.3, -0.25) is 9.69 Å². The highest BCUT2D eigenvalue weighted by Crippen LogP contribution is 2.43. The Hall–Kier alpha value is -4.10. The number of carbonyl (C=O) groups is 1. The molecule has 0 bridgehead atoms. The number of amides is 1. The van der Waals surface area contributed by atoms with Crippen LogP contribution >= 0.6 is 23.2 Å². The molecule has 4 aromatic rings. The summed E-state index contributed by atoms with van der Waals surface area (Å²) in [6.07, 6.45) is 8.24. The highest BCUT2D eigenvalue weighted by atomic mass is 35.5. The Kier molecular flexibility index (Phi) is 9.55. The van der Waals surface area contributed by atoms with E-state index in [1.165, 1.54) is 25.8 Å². The lowest BCUT2D eigenvalue weighted by atomic mass is 10.1. The van der Waals surface area contributed by atoms with Crippen molar-refractivity contribution in [3.63, 3.8) is 0 Å².